The van der Waals surface area contributed by atoms with Crippen molar-refractivity contribution < 1.29 is 9.47 Å². The molecular weight excluding hydrogens is 258 g/mol. The van der Waals surface area contributed by atoms with Gasteiger partial charge in [0.2, 0.25) is 5.90 Å². The Labute approximate surface area is 96.2 Å². The maximum absolute atomic E-state index is 5.56. The maximum Gasteiger partial charge on any atom is 0.217 e. The van der Waals surface area contributed by atoms with Gasteiger partial charge in [0.25, 0.3) is 0 Å². The summed E-state index contributed by atoms with van der Waals surface area (Å²) in [5, 5.41) is 0. The first kappa shape index (κ1) is 9.36. The van der Waals surface area contributed by atoms with Crippen LogP contribution in [0.4, 0.5) is 0 Å². The van der Waals surface area contributed by atoms with Crippen LogP contribution in [-0.4, -0.2) is 25.2 Å². The highest BCUT2D eigenvalue weighted by molar-refractivity contribution is 9.10. The summed E-state index contributed by atoms with van der Waals surface area (Å²) in [6.07, 6.45) is 0. The Morgan fingerprint density at radius 1 is 1.33 bits per heavy atom. The molecule has 0 aliphatic carbocycles. The molecule has 2 aliphatic heterocycles. The number of ether oxygens (including phenoxy) is 2. The van der Waals surface area contributed by atoms with Crippen LogP contribution in [-0.2, 0) is 16.1 Å². The molecule has 0 atom stereocenters. The van der Waals surface area contributed by atoms with Crippen LogP contribution >= 0.6 is 15.9 Å². The number of fused-ring (bicyclic) bond motifs is 1. The van der Waals surface area contributed by atoms with Gasteiger partial charge in [0.15, 0.2) is 0 Å². The Kier molecular flexibility index (Phi) is 2.25. The monoisotopic (exact) mass is 267 g/mol. The predicted molar refractivity (Wildman–Crippen MR) is 60.1 cm³/mol. The number of benzene rings is 1. The zero-order chi connectivity index (χ0) is 10.3. The molecule has 78 valence electrons. The van der Waals surface area contributed by atoms with E-state index in [0.29, 0.717) is 6.61 Å². The normalized spacial score (nSPS) is 22.3. The van der Waals surface area contributed by atoms with Gasteiger partial charge in [0.05, 0.1) is 13.2 Å². The fourth-order valence-corrected chi connectivity index (χ4v) is 2.09. The fraction of sp³-hybridized carbons (Fsp3) is 0.364. The van der Waals surface area contributed by atoms with E-state index in [-0.39, 0.29) is 6.04 Å². The van der Waals surface area contributed by atoms with Crippen molar-refractivity contribution >= 4 is 21.8 Å². The van der Waals surface area contributed by atoms with Crippen molar-refractivity contribution in [2.75, 3.05) is 13.2 Å². The lowest BCUT2D eigenvalue weighted by Gasteiger charge is -2.22. The standard InChI is InChI=1S/C11H10BrNO2/c12-8-1-2-10-7(3-8)4-15-11(10)13-9-5-14-6-9/h1-3,9H,4-6H2/b13-11-. The second-order valence-corrected chi connectivity index (χ2v) is 4.63. The van der Waals surface area contributed by atoms with Crippen LogP contribution in [0.3, 0.4) is 0 Å². The van der Waals surface area contributed by atoms with Crippen molar-refractivity contribution in [1.82, 2.24) is 0 Å². The molecule has 0 saturated carbocycles. The molecule has 0 unspecified atom stereocenters. The summed E-state index contributed by atoms with van der Waals surface area (Å²) >= 11 is 3.45. The lowest BCUT2D eigenvalue weighted by Crippen LogP contribution is -2.32. The summed E-state index contributed by atoms with van der Waals surface area (Å²) in [6.45, 7) is 2.07. The lowest BCUT2D eigenvalue weighted by molar-refractivity contribution is 0.0123. The SMILES string of the molecule is Brc1ccc2c(c1)CO/C2=N\C1COC1. The molecule has 1 saturated heterocycles. The molecule has 15 heavy (non-hydrogen) atoms. The first-order chi connectivity index (χ1) is 7.33. The van der Waals surface area contributed by atoms with E-state index in [0.717, 1.165) is 29.1 Å². The summed E-state index contributed by atoms with van der Waals surface area (Å²) in [7, 11) is 0. The molecule has 1 aromatic rings. The number of halogens is 1. The molecule has 0 radical (unpaired) electrons. The average Bonchev–Trinajstić information content (AvgIpc) is 2.54. The van der Waals surface area contributed by atoms with Crippen LogP contribution in [0.1, 0.15) is 11.1 Å². The number of hydrogen-bond donors (Lipinski definition) is 0. The predicted octanol–water partition coefficient (Wildman–Crippen LogP) is 2.12. The first-order valence-corrected chi connectivity index (χ1v) is 5.69. The van der Waals surface area contributed by atoms with Gasteiger partial charge >= 0.3 is 0 Å². The third-order valence-corrected chi connectivity index (χ3v) is 3.08. The van der Waals surface area contributed by atoms with Gasteiger partial charge < -0.3 is 9.47 Å². The van der Waals surface area contributed by atoms with Crippen LogP contribution in [0.25, 0.3) is 0 Å². The van der Waals surface area contributed by atoms with Crippen molar-refractivity contribution in [3.63, 3.8) is 0 Å². The molecule has 0 bridgehead atoms. The quantitative estimate of drug-likeness (QED) is 0.781. The second-order valence-electron chi connectivity index (χ2n) is 3.72. The van der Waals surface area contributed by atoms with E-state index in [1.165, 1.54) is 5.56 Å². The molecule has 0 aromatic heterocycles. The molecule has 3 nitrogen and oxygen atoms in total. The summed E-state index contributed by atoms with van der Waals surface area (Å²) < 4.78 is 11.7. The summed E-state index contributed by atoms with van der Waals surface area (Å²) in [5.74, 6) is 0.769. The maximum atomic E-state index is 5.56. The molecule has 3 rings (SSSR count). The van der Waals surface area contributed by atoms with Gasteiger partial charge in [-0.15, -0.1) is 0 Å². The molecule has 4 heteroatoms. The highest BCUT2D eigenvalue weighted by atomic mass is 79.9. The largest absolute Gasteiger partial charge is 0.473 e. The van der Waals surface area contributed by atoms with Gasteiger partial charge in [0, 0.05) is 15.6 Å². The van der Waals surface area contributed by atoms with E-state index in [2.05, 4.69) is 27.0 Å². The third kappa shape index (κ3) is 1.68. The van der Waals surface area contributed by atoms with E-state index in [1.807, 2.05) is 12.1 Å². The zero-order valence-electron chi connectivity index (χ0n) is 8.07. The minimum Gasteiger partial charge on any atom is -0.473 e. The Hall–Kier alpha value is -0.870. The highest BCUT2D eigenvalue weighted by Crippen LogP contribution is 2.25. The Morgan fingerprint density at radius 2 is 2.20 bits per heavy atom. The molecule has 1 fully saturated rings. The average molecular weight is 268 g/mol. The van der Waals surface area contributed by atoms with Crippen LogP contribution in [0.2, 0.25) is 0 Å². The summed E-state index contributed by atoms with van der Waals surface area (Å²) in [5.41, 5.74) is 2.31. The van der Waals surface area contributed by atoms with Gasteiger partial charge in [-0.3, -0.25) is 0 Å². The van der Waals surface area contributed by atoms with Gasteiger partial charge in [-0.25, -0.2) is 4.99 Å². The lowest BCUT2D eigenvalue weighted by atomic mass is 10.1. The van der Waals surface area contributed by atoms with Crippen LogP contribution in [0.5, 0.6) is 0 Å². The topological polar surface area (TPSA) is 30.8 Å². The zero-order valence-corrected chi connectivity index (χ0v) is 9.66. The third-order valence-electron chi connectivity index (χ3n) is 2.58. The smallest absolute Gasteiger partial charge is 0.217 e. The molecule has 2 aliphatic rings. The van der Waals surface area contributed by atoms with Crippen molar-refractivity contribution in [3.8, 4) is 0 Å². The Morgan fingerprint density at radius 3 is 2.93 bits per heavy atom. The second kappa shape index (κ2) is 3.61. The number of rotatable bonds is 1. The van der Waals surface area contributed by atoms with E-state index < -0.39 is 0 Å². The molecule has 0 spiro atoms. The Balaban J connectivity index is 1.93. The van der Waals surface area contributed by atoms with Crippen molar-refractivity contribution in [1.29, 1.82) is 0 Å². The molecule has 2 heterocycles. The first-order valence-electron chi connectivity index (χ1n) is 4.90. The van der Waals surface area contributed by atoms with Crippen molar-refractivity contribution in [2.24, 2.45) is 4.99 Å². The number of nitrogens with zero attached hydrogens (tertiary/aromatic N) is 1. The number of hydrogen-bond acceptors (Lipinski definition) is 3. The van der Waals surface area contributed by atoms with Gasteiger partial charge in [-0.2, -0.15) is 0 Å². The van der Waals surface area contributed by atoms with Crippen molar-refractivity contribution in [3.05, 3.63) is 33.8 Å². The summed E-state index contributed by atoms with van der Waals surface area (Å²) in [6, 6.07) is 6.43. The molecule has 0 N–H and O–H groups in total. The van der Waals surface area contributed by atoms with E-state index in [4.69, 9.17) is 9.47 Å². The minimum atomic E-state index is 0.287. The van der Waals surface area contributed by atoms with E-state index in [1.54, 1.807) is 0 Å². The minimum absolute atomic E-state index is 0.287. The van der Waals surface area contributed by atoms with E-state index in [9.17, 15) is 0 Å². The molecule has 0 amide bonds. The van der Waals surface area contributed by atoms with Crippen LogP contribution in [0, 0.1) is 0 Å². The molecular formula is C11H10BrNO2. The number of aliphatic imine (C=N–C) groups is 1. The van der Waals surface area contributed by atoms with Gasteiger partial charge in [-0.05, 0) is 18.2 Å². The highest BCUT2D eigenvalue weighted by Gasteiger charge is 2.24. The Bertz CT molecular complexity index is 427. The fourth-order valence-electron chi connectivity index (χ4n) is 1.68. The van der Waals surface area contributed by atoms with Gasteiger partial charge in [-0.1, -0.05) is 15.9 Å². The molecule has 1 aromatic carbocycles. The van der Waals surface area contributed by atoms with Crippen LogP contribution < -0.4 is 0 Å². The van der Waals surface area contributed by atoms with Crippen LogP contribution in [0.15, 0.2) is 27.7 Å². The van der Waals surface area contributed by atoms with Gasteiger partial charge in [0.1, 0.15) is 12.6 Å². The van der Waals surface area contributed by atoms with E-state index >= 15 is 0 Å². The summed E-state index contributed by atoms with van der Waals surface area (Å²) in [4.78, 5) is 4.51. The van der Waals surface area contributed by atoms with Crippen molar-refractivity contribution in [2.45, 2.75) is 12.6 Å².